The molecule has 0 unspecified atom stereocenters. The van der Waals surface area contributed by atoms with Crippen molar-refractivity contribution < 1.29 is 9.59 Å². The predicted octanol–water partition coefficient (Wildman–Crippen LogP) is 1.30. The molecule has 2 amide bonds. The van der Waals surface area contributed by atoms with Gasteiger partial charge in [0.1, 0.15) is 12.7 Å². The predicted molar refractivity (Wildman–Crippen MR) is 87.5 cm³/mol. The lowest BCUT2D eigenvalue weighted by Gasteiger charge is -2.08. The van der Waals surface area contributed by atoms with Gasteiger partial charge in [-0.2, -0.15) is 5.10 Å². The lowest BCUT2D eigenvalue weighted by Crippen LogP contribution is -2.23. The summed E-state index contributed by atoms with van der Waals surface area (Å²) >= 11 is 0. The monoisotopic (exact) mass is 321 g/mol. The van der Waals surface area contributed by atoms with E-state index in [9.17, 15) is 9.59 Å². The first-order valence-corrected chi connectivity index (χ1v) is 7.25. The minimum absolute atomic E-state index is 0.225. The van der Waals surface area contributed by atoms with Gasteiger partial charge in [0, 0.05) is 17.7 Å². The molecule has 3 aromatic rings. The van der Waals surface area contributed by atoms with E-state index in [4.69, 9.17) is 5.73 Å². The normalized spacial score (nSPS) is 10.3. The largest absolute Gasteiger partial charge is 0.366 e. The second kappa shape index (κ2) is 6.74. The molecule has 0 saturated heterocycles. The van der Waals surface area contributed by atoms with Gasteiger partial charge in [-0.25, -0.2) is 9.67 Å². The Morgan fingerprint density at radius 1 is 1.08 bits per heavy atom. The molecule has 0 aliphatic carbocycles. The fourth-order valence-electron chi connectivity index (χ4n) is 2.22. The number of hydrogen-bond donors (Lipinski definition) is 2. The molecule has 1 heterocycles. The lowest BCUT2D eigenvalue weighted by atomic mass is 10.1. The van der Waals surface area contributed by atoms with Crippen LogP contribution in [-0.4, -0.2) is 26.6 Å². The van der Waals surface area contributed by atoms with Crippen LogP contribution in [-0.2, 0) is 6.54 Å². The molecule has 24 heavy (non-hydrogen) atoms. The van der Waals surface area contributed by atoms with E-state index in [2.05, 4.69) is 15.4 Å². The molecule has 7 nitrogen and oxygen atoms in total. The molecule has 0 aliphatic heterocycles. The van der Waals surface area contributed by atoms with Gasteiger partial charge in [0.15, 0.2) is 0 Å². The van der Waals surface area contributed by atoms with Crippen molar-refractivity contribution >= 4 is 11.8 Å². The second-order valence-corrected chi connectivity index (χ2v) is 5.13. The average molecular weight is 321 g/mol. The van der Waals surface area contributed by atoms with E-state index in [1.807, 2.05) is 24.3 Å². The molecule has 0 atom stereocenters. The molecule has 0 spiro atoms. The van der Waals surface area contributed by atoms with Crippen molar-refractivity contribution in [1.29, 1.82) is 0 Å². The van der Waals surface area contributed by atoms with Crippen molar-refractivity contribution in [3.63, 3.8) is 0 Å². The molecule has 0 fully saturated rings. The number of amides is 2. The molecule has 7 heteroatoms. The van der Waals surface area contributed by atoms with Gasteiger partial charge >= 0.3 is 0 Å². The summed E-state index contributed by atoms with van der Waals surface area (Å²) in [4.78, 5) is 27.1. The van der Waals surface area contributed by atoms with Gasteiger partial charge in [-0.15, -0.1) is 0 Å². The first-order valence-electron chi connectivity index (χ1n) is 7.25. The number of nitrogens with one attached hydrogen (secondary N) is 1. The van der Waals surface area contributed by atoms with Crippen LogP contribution in [0.2, 0.25) is 0 Å². The van der Waals surface area contributed by atoms with Gasteiger partial charge in [-0.1, -0.05) is 12.1 Å². The van der Waals surface area contributed by atoms with Crippen LogP contribution in [0.25, 0.3) is 5.69 Å². The quantitative estimate of drug-likeness (QED) is 0.739. The topological polar surface area (TPSA) is 103 Å². The second-order valence-electron chi connectivity index (χ2n) is 5.13. The van der Waals surface area contributed by atoms with Crippen LogP contribution < -0.4 is 11.1 Å². The van der Waals surface area contributed by atoms with Crippen LogP contribution in [0.3, 0.4) is 0 Å². The van der Waals surface area contributed by atoms with Gasteiger partial charge in [0.25, 0.3) is 5.91 Å². The van der Waals surface area contributed by atoms with Gasteiger partial charge in [-0.05, 0) is 42.0 Å². The van der Waals surface area contributed by atoms with E-state index in [1.54, 1.807) is 23.1 Å². The summed E-state index contributed by atoms with van der Waals surface area (Å²) < 4.78 is 1.65. The van der Waals surface area contributed by atoms with Crippen LogP contribution >= 0.6 is 0 Å². The van der Waals surface area contributed by atoms with Crippen molar-refractivity contribution in [3.05, 3.63) is 77.9 Å². The molecule has 3 N–H and O–H groups in total. The summed E-state index contributed by atoms with van der Waals surface area (Å²) in [5, 5.41) is 6.91. The highest BCUT2D eigenvalue weighted by Crippen LogP contribution is 2.09. The number of carbonyl (C=O) groups excluding carboxylic acids is 2. The Kier molecular flexibility index (Phi) is 4.33. The molecule has 0 radical (unpaired) electrons. The van der Waals surface area contributed by atoms with E-state index in [1.165, 1.54) is 18.5 Å². The molecule has 0 aliphatic rings. The van der Waals surface area contributed by atoms with Gasteiger partial charge in [-0.3, -0.25) is 9.59 Å². The molecule has 2 aromatic carbocycles. The summed E-state index contributed by atoms with van der Waals surface area (Å²) in [6.45, 7) is 0.374. The summed E-state index contributed by atoms with van der Waals surface area (Å²) in [5.74, 6) is -0.746. The van der Waals surface area contributed by atoms with Gasteiger partial charge in [0.05, 0.1) is 5.69 Å². The fraction of sp³-hybridized carbons (Fsp3) is 0.0588. The number of aromatic nitrogens is 3. The first kappa shape index (κ1) is 15.4. The summed E-state index contributed by atoms with van der Waals surface area (Å²) in [6, 6.07) is 13.8. The van der Waals surface area contributed by atoms with Crippen LogP contribution in [0.1, 0.15) is 26.3 Å². The molecule has 0 saturated carbocycles. The Morgan fingerprint density at radius 3 is 2.50 bits per heavy atom. The third kappa shape index (κ3) is 3.46. The van der Waals surface area contributed by atoms with E-state index < -0.39 is 5.91 Å². The minimum atomic E-state index is -0.521. The standard InChI is InChI=1S/C17H15N5O2/c18-16(23)13-4-6-14(7-5-13)17(24)20-9-12-2-1-3-15(8-12)22-11-19-10-21-22/h1-8,10-11H,9H2,(H2,18,23)(H,20,24). The van der Waals surface area contributed by atoms with Crippen molar-refractivity contribution in [2.24, 2.45) is 5.73 Å². The van der Waals surface area contributed by atoms with E-state index in [0.29, 0.717) is 17.7 Å². The number of nitrogens with zero attached hydrogens (tertiary/aromatic N) is 3. The Labute approximate surface area is 138 Å². The van der Waals surface area contributed by atoms with E-state index >= 15 is 0 Å². The van der Waals surface area contributed by atoms with E-state index in [0.717, 1.165) is 11.3 Å². The highest BCUT2D eigenvalue weighted by atomic mass is 16.2. The third-order valence-corrected chi connectivity index (χ3v) is 3.48. The number of hydrogen-bond acceptors (Lipinski definition) is 4. The Bertz CT molecular complexity index is 857. The van der Waals surface area contributed by atoms with Gasteiger partial charge < -0.3 is 11.1 Å². The highest BCUT2D eigenvalue weighted by molar-refractivity contribution is 5.97. The maximum atomic E-state index is 12.2. The number of rotatable bonds is 5. The zero-order valence-corrected chi connectivity index (χ0v) is 12.7. The SMILES string of the molecule is NC(=O)c1ccc(C(=O)NCc2cccc(-n3cncn3)c2)cc1. The zero-order valence-electron chi connectivity index (χ0n) is 12.7. The molecule has 3 rings (SSSR count). The first-order chi connectivity index (χ1) is 11.6. The highest BCUT2D eigenvalue weighted by Gasteiger charge is 2.07. The molecular formula is C17H15N5O2. The molecule has 0 bridgehead atoms. The smallest absolute Gasteiger partial charge is 0.251 e. The Balaban J connectivity index is 1.66. The summed E-state index contributed by atoms with van der Waals surface area (Å²) in [6.07, 6.45) is 3.07. The number of nitrogens with two attached hydrogens (primary N) is 1. The Morgan fingerprint density at radius 2 is 1.83 bits per heavy atom. The van der Waals surface area contributed by atoms with Crippen LogP contribution in [0, 0.1) is 0 Å². The maximum Gasteiger partial charge on any atom is 0.251 e. The van der Waals surface area contributed by atoms with Crippen molar-refractivity contribution in [2.75, 3.05) is 0 Å². The van der Waals surface area contributed by atoms with Crippen molar-refractivity contribution in [1.82, 2.24) is 20.1 Å². The van der Waals surface area contributed by atoms with Crippen LogP contribution in [0.4, 0.5) is 0 Å². The molecule has 120 valence electrons. The average Bonchev–Trinajstić information content (AvgIpc) is 3.15. The number of primary amides is 1. The number of benzene rings is 2. The summed E-state index contributed by atoms with van der Waals surface area (Å²) in [5.41, 5.74) is 7.81. The lowest BCUT2D eigenvalue weighted by molar-refractivity contribution is 0.0948. The maximum absolute atomic E-state index is 12.2. The van der Waals surface area contributed by atoms with Crippen LogP contribution in [0.15, 0.2) is 61.2 Å². The van der Waals surface area contributed by atoms with Crippen molar-refractivity contribution in [3.8, 4) is 5.69 Å². The molecular weight excluding hydrogens is 306 g/mol. The Hall–Kier alpha value is -3.48. The number of carbonyl (C=O) groups is 2. The molecule has 1 aromatic heterocycles. The van der Waals surface area contributed by atoms with E-state index in [-0.39, 0.29) is 5.91 Å². The zero-order chi connectivity index (χ0) is 16.9. The third-order valence-electron chi connectivity index (χ3n) is 3.48. The minimum Gasteiger partial charge on any atom is -0.366 e. The summed E-state index contributed by atoms with van der Waals surface area (Å²) in [7, 11) is 0. The van der Waals surface area contributed by atoms with Crippen LogP contribution in [0.5, 0.6) is 0 Å². The van der Waals surface area contributed by atoms with Crippen molar-refractivity contribution in [2.45, 2.75) is 6.54 Å². The fourth-order valence-corrected chi connectivity index (χ4v) is 2.22. The van der Waals surface area contributed by atoms with Gasteiger partial charge in [0.2, 0.25) is 5.91 Å².